The molecule has 1 atom stereocenters. The van der Waals surface area contributed by atoms with Crippen molar-refractivity contribution in [3.05, 3.63) is 29.8 Å². The molecule has 1 aromatic rings. The van der Waals surface area contributed by atoms with Gasteiger partial charge in [0.15, 0.2) is 0 Å². The molecular formula is C15H24N2O. The number of rotatable bonds is 6. The Labute approximate surface area is 110 Å². The van der Waals surface area contributed by atoms with Gasteiger partial charge in [0.25, 0.3) is 0 Å². The molecule has 1 fully saturated rings. The molecule has 0 amide bonds. The van der Waals surface area contributed by atoms with Crippen molar-refractivity contribution >= 4 is 0 Å². The van der Waals surface area contributed by atoms with Crippen molar-refractivity contribution < 1.29 is 4.74 Å². The van der Waals surface area contributed by atoms with Crippen LogP contribution in [-0.2, 0) is 6.42 Å². The third kappa shape index (κ3) is 3.72. The lowest BCUT2D eigenvalue weighted by atomic mass is 9.94. The number of methoxy groups -OCH3 is 1. The van der Waals surface area contributed by atoms with Crippen molar-refractivity contribution in [1.29, 1.82) is 0 Å². The van der Waals surface area contributed by atoms with E-state index >= 15 is 0 Å². The second kappa shape index (κ2) is 6.76. The third-order valence-corrected chi connectivity index (χ3v) is 3.97. The van der Waals surface area contributed by atoms with Crippen molar-refractivity contribution in [1.82, 2.24) is 5.43 Å². The molecule has 18 heavy (non-hydrogen) atoms. The van der Waals surface area contributed by atoms with E-state index in [4.69, 9.17) is 10.6 Å². The lowest BCUT2D eigenvalue weighted by Crippen LogP contribution is -2.38. The molecule has 0 spiro atoms. The minimum atomic E-state index is 0.390. The van der Waals surface area contributed by atoms with Crippen molar-refractivity contribution in [3.63, 3.8) is 0 Å². The summed E-state index contributed by atoms with van der Waals surface area (Å²) in [7, 11) is 1.69. The monoisotopic (exact) mass is 248 g/mol. The first-order chi connectivity index (χ1) is 8.81. The summed E-state index contributed by atoms with van der Waals surface area (Å²) >= 11 is 0. The Morgan fingerprint density at radius 3 is 2.50 bits per heavy atom. The molecule has 2 rings (SSSR count). The molecule has 3 N–H and O–H groups in total. The Hall–Kier alpha value is -1.06. The van der Waals surface area contributed by atoms with E-state index in [9.17, 15) is 0 Å². The number of hydrogen-bond acceptors (Lipinski definition) is 3. The van der Waals surface area contributed by atoms with Gasteiger partial charge in [-0.15, -0.1) is 0 Å². The molecular weight excluding hydrogens is 224 g/mol. The van der Waals surface area contributed by atoms with E-state index in [-0.39, 0.29) is 0 Å². The molecule has 1 aliphatic carbocycles. The molecule has 1 saturated carbocycles. The standard InChI is InChI=1S/C15H24N2O/c1-18-15-8-6-13(7-9-15)11-14(17-16)10-12-4-2-3-5-12/h6-9,12,14,17H,2-5,10-11,16H2,1H3. The van der Waals surface area contributed by atoms with E-state index in [1.54, 1.807) is 7.11 Å². The predicted octanol–water partition coefficient (Wildman–Crippen LogP) is 2.65. The minimum Gasteiger partial charge on any atom is -0.497 e. The topological polar surface area (TPSA) is 47.3 Å². The zero-order valence-corrected chi connectivity index (χ0v) is 11.2. The maximum atomic E-state index is 5.68. The summed E-state index contributed by atoms with van der Waals surface area (Å²) in [6, 6.07) is 8.66. The van der Waals surface area contributed by atoms with Crippen LogP contribution in [0.25, 0.3) is 0 Å². The van der Waals surface area contributed by atoms with Crippen LogP contribution in [0.1, 0.15) is 37.7 Å². The van der Waals surface area contributed by atoms with Gasteiger partial charge in [0.05, 0.1) is 7.11 Å². The summed E-state index contributed by atoms with van der Waals surface area (Å²) in [6.07, 6.45) is 7.73. The second-order valence-corrected chi connectivity index (χ2v) is 5.30. The Kier molecular flexibility index (Phi) is 5.02. The highest BCUT2D eigenvalue weighted by Crippen LogP contribution is 2.29. The van der Waals surface area contributed by atoms with Gasteiger partial charge in [0.1, 0.15) is 5.75 Å². The maximum Gasteiger partial charge on any atom is 0.118 e. The molecule has 0 aliphatic heterocycles. The third-order valence-electron chi connectivity index (χ3n) is 3.97. The van der Waals surface area contributed by atoms with Gasteiger partial charge in [-0.2, -0.15) is 0 Å². The fourth-order valence-corrected chi connectivity index (χ4v) is 2.90. The fourth-order valence-electron chi connectivity index (χ4n) is 2.90. The summed E-state index contributed by atoms with van der Waals surface area (Å²) in [4.78, 5) is 0. The number of nitrogens with one attached hydrogen (secondary N) is 1. The molecule has 100 valence electrons. The molecule has 0 aromatic heterocycles. The van der Waals surface area contributed by atoms with Gasteiger partial charge in [-0.05, 0) is 36.5 Å². The van der Waals surface area contributed by atoms with E-state index < -0.39 is 0 Å². The van der Waals surface area contributed by atoms with E-state index in [1.165, 1.54) is 37.7 Å². The molecule has 0 radical (unpaired) electrons. The van der Waals surface area contributed by atoms with Crippen molar-refractivity contribution in [3.8, 4) is 5.75 Å². The molecule has 0 saturated heterocycles. The molecule has 1 aliphatic rings. The average Bonchev–Trinajstić information content (AvgIpc) is 2.91. The fraction of sp³-hybridized carbons (Fsp3) is 0.600. The second-order valence-electron chi connectivity index (χ2n) is 5.30. The van der Waals surface area contributed by atoms with Gasteiger partial charge in [0, 0.05) is 6.04 Å². The van der Waals surface area contributed by atoms with Crippen LogP contribution in [0.15, 0.2) is 24.3 Å². The van der Waals surface area contributed by atoms with Crippen LogP contribution in [0.4, 0.5) is 0 Å². The molecule has 3 nitrogen and oxygen atoms in total. The van der Waals surface area contributed by atoms with Crippen LogP contribution in [-0.4, -0.2) is 13.2 Å². The van der Waals surface area contributed by atoms with Crippen LogP contribution in [0, 0.1) is 5.92 Å². The average molecular weight is 248 g/mol. The summed E-state index contributed by atoms with van der Waals surface area (Å²) < 4.78 is 5.17. The van der Waals surface area contributed by atoms with Gasteiger partial charge in [-0.3, -0.25) is 11.3 Å². The van der Waals surface area contributed by atoms with Crippen molar-refractivity contribution in [2.24, 2.45) is 11.8 Å². The van der Waals surface area contributed by atoms with E-state index in [0.29, 0.717) is 6.04 Å². The molecule has 0 heterocycles. The lowest BCUT2D eigenvalue weighted by Gasteiger charge is -2.19. The van der Waals surface area contributed by atoms with Crippen LogP contribution >= 0.6 is 0 Å². The number of benzene rings is 1. The largest absolute Gasteiger partial charge is 0.497 e. The lowest BCUT2D eigenvalue weighted by molar-refractivity contribution is 0.389. The Bertz CT molecular complexity index is 344. The summed E-state index contributed by atoms with van der Waals surface area (Å²) in [5.74, 6) is 7.45. The zero-order chi connectivity index (χ0) is 12.8. The van der Waals surface area contributed by atoms with E-state index in [0.717, 1.165) is 18.1 Å². The first kappa shape index (κ1) is 13.4. The van der Waals surface area contributed by atoms with Crippen LogP contribution in [0.5, 0.6) is 5.75 Å². The van der Waals surface area contributed by atoms with Crippen LogP contribution < -0.4 is 16.0 Å². The van der Waals surface area contributed by atoms with Gasteiger partial charge in [-0.25, -0.2) is 0 Å². The first-order valence-corrected chi connectivity index (χ1v) is 6.91. The highest BCUT2D eigenvalue weighted by Gasteiger charge is 2.19. The molecule has 3 heteroatoms. The van der Waals surface area contributed by atoms with Crippen LogP contribution in [0.2, 0.25) is 0 Å². The van der Waals surface area contributed by atoms with Gasteiger partial charge in [0.2, 0.25) is 0 Å². The van der Waals surface area contributed by atoms with Crippen LogP contribution in [0.3, 0.4) is 0 Å². The number of hydrogen-bond donors (Lipinski definition) is 2. The number of ether oxygens (including phenoxy) is 1. The maximum absolute atomic E-state index is 5.68. The molecule has 1 aromatic carbocycles. The van der Waals surface area contributed by atoms with E-state index in [2.05, 4.69) is 17.6 Å². The zero-order valence-electron chi connectivity index (χ0n) is 11.2. The first-order valence-electron chi connectivity index (χ1n) is 6.91. The van der Waals surface area contributed by atoms with Gasteiger partial charge >= 0.3 is 0 Å². The van der Waals surface area contributed by atoms with Gasteiger partial charge < -0.3 is 4.74 Å². The normalized spacial score (nSPS) is 17.9. The smallest absolute Gasteiger partial charge is 0.118 e. The summed E-state index contributed by atoms with van der Waals surface area (Å²) in [6.45, 7) is 0. The Balaban J connectivity index is 1.87. The van der Waals surface area contributed by atoms with Crippen molar-refractivity contribution in [2.75, 3.05) is 7.11 Å². The minimum absolute atomic E-state index is 0.390. The molecule has 1 unspecified atom stereocenters. The van der Waals surface area contributed by atoms with E-state index in [1.807, 2.05) is 12.1 Å². The number of nitrogens with two attached hydrogens (primary N) is 1. The molecule has 0 bridgehead atoms. The highest BCUT2D eigenvalue weighted by atomic mass is 16.5. The quantitative estimate of drug-likeness (QED) is 0.601. The Morgan fingerprint density at radius 2 is 1.94 bits per heavy atom. The van der Waals surface area contributed by atoms with Gasteiger partial charge in [-0.1, -0.05) is 37.8 Å². The Morgan fingerprint density at radius 1 is 1.28 bits per heavy atom. The summed E-state index contributed by atoms with van der Waals surface area (Å²) in [5, 5.41) is 0. The van der Waals surface area contributed by atoms with Crippen molar-refractivity contribution in [2.45, 2.75) is 44.6 Å². The predicted molar refractivity (Wildman–Crippen MR) is 74.4 cm³/mol. The summed E-state index contributed by atoms with van der Waals surface area (Å²) in [5.41, 5.74) is 4.29. The number of hydrazine groups is 1. The SMILES string of the molecule is COc1ccc(CC(CC2CCCC2)NN)cc1. The highest BCUT2D eigenvalue weighted by molar-refractivity contribution is 5.27.